The Morgan fingerprint density at radius 3 is 1.48 bits per heavy atom. The largest absolute Gasteiger partial charge is 0.480 e. The summed E-state index contributed by atoms with van der Waals surface area (Å²) >= 11 is 0. The van der Waals surface area contributed by atoms with E-state index in [2.05, 4.69) is 9.97 Å². The predicted molar refractivity (Wildman–Crippen MR) is 142 cm³/mol. The highest BCUT2D eigenvalue weighted by atomic mass is 16.4. The second-order valence-electron chi connectivity index (χ2n) is 11.4. The Balaban J connectivity index is 1.20. The summed E-state index contributed by atoms with van der Waals surface area (Å²) in [4.78, 5) is 62.5. The zero-order valence-electron chi connectivity index (χ0n) is 21.3. The number of fused-ring (bicyclic) bond motifs is 10. The first-order valence-corrected chi connectivity index (χ1v) is 13.6. The summed E-state index contributed by atoms with van der Waals surface area (Å²) in [6, 6.07) is 12.4. The number of aromatic nitrogens is 2. The zero-order valence-corrected chi connectivity index (χ0v) is 21.3. The fourth-order valence-corrected chi connectivity index (χ4v) is 7.97. The average molecular weight is 539 g/mol. The first-order chi connectivity index (χ1) is 19.3. The SMILES string of the molecule is O=C(O)C1Cc2c([nH]c3ccccc23)C2CC(C3CC4c5[nH]c6ccccc6c5CC(C(=O)O)N4C3=O)C(=O)N12. The first kappa shape index (κ1) is 23.3. The summed E-state index contributed by atoms with van der Waals surface area (Å²) in [5, 5.41) is 22.2. The van der Waals surface area contributed by atoms with Crippen molar-refractivity contribution in [2.45, 2.75) is 49.9 Å². The van der Waals surface area contributed by atoms with Gasteiger partial charge in [0.25, 0.3) is 0 Å². The topological polar surface area (TPSA) is 147 Å². The van der Waals surface area contributed by atoms with Gasteiger partial charge in [-0.2, -0.15) is 0 Å². The number of hydrogen-bond donors (Lipinski definition) is 4. The van der Waals surface area contributed by atoms with Crippen LogP contribution in [0.5, 0.6) is 0 Å². The third-order valence-corrected chi connectivity index (χ3v) is 9.65. The Bertz CT molecular complexity index is 1660. The number of aromatic amines is 2. The van der Waals surface area contributed by atoms with Crippen molar-refractivity contribution >= 4 is 45.6 Å². The number of hydrogen-bond acceptors (Lipinski definition) is 4. The van der Waals surface area contributed by atoms with Gasteiger partial charge in [0.1, 0.15) is 12.1 Å². The van der Waals surface area contributed by atoms with Crippen LogP contribution in [0.25, 0.3) is 21.8 Å². The zero-order chi connectivity index (χ0) is 27.4. The van der Waals surface area contributed by atoms with Gasteiger partial charge in [0.15, 0.2) is 0 Å². The van der Waals surface area contributed by atoms with E-state index in [-0.39, 0.29) is 24.7 Å². The van der Waals surface area contributed by atoms with Gasteiger partial charge in [0, 0.05) is 46.0 Å². The van der Waals surface area contributed by atoms with E-state index < -0.39 is 47.9 Å². The van der Waals surface area contributed by atoms with Crippen molar-refractivity contribution in [1.82, 2.24) is 19.8 Å². The van der Waals surface area contributed by atoms with Gasteiger partial charge in [-0.25, -0.2) is 9.59 Å². The molecule has 40 heavy (non-hydrogen) atoms. The van der Waals surface area contributed by atoms with Crippen LogP contribution in [-0.2, 0) is 32.0 Å². The third-order valence-electron chi connectivity index (χ3n) is 9.65. The molecule has 6 heterocycles. The molecule has 4 aliphatic rings. The van der Waals surface area contributed by atoms with E-state index in [4.69, 9.17) is 0 Å². The fourth-order valence-electron chi connectivity index (χ4n) is 7.97. The molecular formula is C30H26N4O6. The van der Waals surface area contributed by atoms with Crippen LogP contribution in [0.4, 0.5) is 0 Å². The second kappa shape index (κ2) is 7.97. The molecule has 6 atom stereocenters. The Hall–Kier alpha value is -4.60. The summed E-state index contributed by atoms with van der Waals surface area (Å²) in [6.07, 6.45) is 0.987. The molecule has 0 saturated carbocycles. The van der Waals surface area contributed by atoms with E-state index in [1.54, 1.807) is 0 Å². The van der Waals surface area contributed by atoms with Gasteiger partial charge in [0.05, 0.1) is 23.9 Å². The van der Waals surface area contributed by atoms with Gasteiger partial charge in [-0.05, 0) is 36.1 Å². The standard InChI is InChI=1S/C30H26N4O6/c35-27-17(11-21-25-15(9-23(29(37)38)33(21)27)13-5-1-3-7-19(13)31-25)18-12-22-26-16(14-6-2-4-8-20(14)32-26)10-24(30(39)40)34(22)28(18)36/h1-8,17-18,21-24,31-32H,9-12H2,(H,37,38)(H,39,40). The van der Waals surface area contributed by atoms with Crippen molar-refractivity contribution in [3.63, 3.8) is 0 Å². The molecule has 6 unspecified atom stereocenters. The van der Waals surface area contributed by atoms with Crippen LogP contribution in [0.15, 0.2) is 48.5 Å². The van der Waals surface area contributed by atoms with Crippen LogP contribution >= 0.6 is 0 Å². The number of aliphatic carboxylic acids is 2. The second-order valence-corrected chi connectivity index (χ2v) is 11.4. The minimum Gasteiger partial charge on any atom is -0.480 e. The number of nitrogens with zero attached hydrogens (tertiary/aromatic N) is 2. The molecule has 2 saturated heterocycles. The van der Waals surface area contributed by atoms with Crippen LogP contribution in [0, 0.1) is 11.8 Å². The van der Waals surface area contributed by atoms with Crippen molar-refractivity contribution in [2.75, 3.05) is 0 Å². The maximum Gasteiger partial charge on any atom is 0.326 e. The monoisotopic (exact) mass is 538 g/mol. The fraction of sp³-hybridized carbons (Fsp3) is 0.333. The molecule has 4 aliphatic heterocycles. The first-order valence-electron chi connectivity index (χ1n) is 13.6. The minimum atomic E-state index is -1.07. The summed E-state index contributed by atoms with van der Waals surface area (Å²) < 4.78 is 0. The Labute approximate surface area is 227 Å². The number of benzene rings is 2. The van der Waals surface area contributed by atoms with Gasteiger partial charge in [-0.1, -0.05) is 36.4 Å². The molecule has 10 heteroatoms. The summed E-state index contributed by atoms with van der Waals surface area (Å²) in [5.74, 6) is -4.29. The lowest BCUT2D eigenvalue weighted by Crippen LogP contribution is -2.49. The predicted octanol–water partition coefficient (Wildman–Crippen LogP) is 3.15. The molecule has 2 aromatic heterocycles. The van der Waals surface area contributed by atoms with Crippen LogP contribution in [-0.4, -0.2) is 65.8 Å². The summed E-state index contributed by atoms with van der Waals surface area (Å²) in [7, 11) is 0. The van der Waals surface area contributed by atoms with Crippen LogP contribution in [0.3, 0.4) is 0 Å². The number of carbonyl (C=O) groups is 4. The molecule has 202 valence electrons. The molecular weight excluding hydrogens is 512 g/mol. The number of rotatable bonds is 3. The highest BCUT2D eigenvalue weighted by Crippen LogP contribution is 2.53. The molecule has 4 N–H and O–H groups in total. The number of amides is 2. The molecule has 4 aromatic rings. The molecule has 0 radical (unpaired) electrons. The normalized spacial score (nSPS) is 29.0. The summed E-state index contributed by atoms with van der Waals surface area (Å²) in [5.41, 5.74) is 5.25. The average Bonchev–Trinajstić information content (AvgIpc) is 3.68. The molecule has 8 rings (SSSR count). The van der Waals surface area contributed by atoms with Crippen LogP contribution < -0.4 is 0 Å². The number of H-pyrrole nitrogens is 2. The molecule has 2 aromatic carbocycles. The molecule has 2 amide bonds. The number of carboxylic acid groups (broad SMARTS) is 2. The van der Waals surface area contributed by atoms with E-state index in [0.29, 0.717) is 12.8 Å². The third kappa shape index (κ3) is 2.93. The Morgan fingerprint density at radius 2 is 1.07 bits per heavy atom. The van der Waals surface area contributed by atoms with Gasteiger partial charge in [0.2, 0.25) is 11.8 Å². The maximum absolute atomic E-state index is 14.0. The molecule has 10 nitrogen and oxygen atoms in total. The van der Waals surface area contributed by atoms with E-state index in [9.17, 15) is 29.4 Å². The van der Waals surface area contributed by atoms with E-state index in [1.165, 1.54) is 9.80 Å². The number of carbonyl (C=O) groups excluding carboxylic acids is 2. The van der Waals surface area contributed by atoms with Gasteiger partial charge < -0.3 is 30.0 Å². The number of para-hydroxylation sites is 2. The van der Waals surface area contributed by atoms with Crippen molar-refractivity contribution in [1.29, 1.82) is 0 Å². The highest BCUT2D eigenvalue weighted by molar-refractivity contribution is 5.97. The van der Waals surface area contributed by atoms with Crippen molar-refractivity contribution in [2.24, 2.45) is 11.8 Å². The van der Waals surface area contributed by atoms with E-state index >= 15 is 0 Å². The smallest absolute Gasteiger partial charge is 0.326 e. The van der Waals surface area contributed by atoms with Crippen molar-refractivity contribution in [3.05, 3.63) is 71.0 Å². The van der Waals surface area contributed by atoms with Crippen LogP contribution in [0.2, 0.25) is 0 Å². The molecule has 0 aliphatic carbocycles. The van der Waals surface area contributed by atoms with Crippen molar-refractivity contribution in [3.8, 4) is 0 Å². The van der Waals surface area contributed by atoms with E-state index in [0.717, 1.165) is 44.3 Å². The maximum atomic E-state index is 14.0. The number of nitrogens with one attached hydrogen (secondary N) is 2. The lowest BCUT2D eigenvalue weighted by Gasteiger charge is -2.35. The highest BCUT2D eigenvalue weighted by Gasteiger charge is 2.58. The molecule has 0 bridgehead atoms. The summed E-state index contributed by atoms with van der Waals surface area (Å²) in [6.45, 7) is 0. The quantitative estimate of drug-likeness (QED) is 0.315. The van der Waals surface area contributed by atoms with Crippen molar-refractivity contribution < 1.29 is 29.4 Å². The lowest BCUT2D eigenvalue weighted by atomic mass is 9.85. The Morgan fingerprint density at radius 1 is 0.675 bits per heavy atom. The minimum absolute atomic E-state index is 0.191. The van der Waals surface area contributed by atoms with Gasteiger partial charge >= 0.3 is 11.9 Å². The van der Waals surface area contributed by atoms with E-state index in [1.807, 2.05) is 48.5 Å². The van der Waals surface area contributed by atoms with Gasteiger partial charge in [-0.15, -0.1) is 0 Å². The lowest BCUT2D eigenvalue weighted by molar-refractivity contribution is -0.154. The van der Waals surface area contributed by atoms with Crippen LogP contribution in [0.1, 0.15) is 47.4 Å². The van der Waals surface area contributed by atoms with Gasteiger partial charge in [-0.3, -0.25) is 9.59 Å². The molecule has 2 fully saturated rings. The Kier molecular flexibility index (Phi) is 4.64. The molecule has 0 spiro atoms. The number of carboxylic acids is 2.